The largest absolute Gasteiger partial charge is 0.335 e. The minimum absolute atomic E-state index is 0.0312. The summed E-state index contributed by atoms with van der Waals surface area (Å²) >= 11 is 0. The normalized spacial score (nSPS) is 17.2. The summed E-state index contributed by atoms with van der Waals surface area (Å²) in [6, 6.07) is 9.71. The fourth-order valence-electron chi connectivity index (χ4n) is 2.55. The summed E-state index contributed by atoms with van der Waals surface area (Å²) in [6.45, 7) is 1.48. The Balaban J connectivity index is 1.80. The summed E-state index contributed by atoms with van der Waals surface area (Å²) in [4.78, 5) is 13.8. The molecule has 1 aromatic rings. The number of nitrogens with zero attached hydrogens (tertiary/aromatic N) is 2. The molecular formula is C15H23N3O3S. The van der Waals surface area contributed by atoms with Crippen LogP contribution in [0.1, 0.15) is 18.4 Å². The zero-order chi connectivity index (χ0) is 16.2. The highest BCUT2D eigenvalue weighted by Gasteiger charge is 2.26. The van der Waals surface area contributed by atoms with Crippen LogP contribution < -0.4 is 5.32 Å². The number of piperidine rings is 1. The molecule has 22 heavy (non-hydrogen) atoms. The Morgan fingerprint density at radius 1 is 1.27 bits per heavy atom. The second-order valence-corrected chi connectivity index (χ2v) is 7.71. The van der Waals surface area contributed by atoms with E-state index in [1.165, 1.54) is 10.6 Å². The van der Waals surface area contributed by atoms with Gasteiger partial charge in [-0.15, -0.1) is 0 Å². The van der Waals surface area contributed by atoms with Gasteiger partial charge in [-0.05, 0) is 18.4 Å². The van der Waals surface area contributed by atoms with Gasteiger partial charge in [-0.1, -0.05) is 30.3 Å². The predicted octanol–water partition coefficient (Wildman–Crippen LogP) is 1.25. The van der Waals surface area contributed by atoms with E-state index in [0.717, 1.165) is 5.56 Å². The van der Waals surface area contributed by atoms with Crippen LogP contribution in [-0.2, 0) is 16.6 Å². The Morgan fingerprint density at radius 3 is 2.41 bits per heavy atom. The van der Waals surface area contributed by atoms with Crippen LogP contribution in [0.25, 0.3) is 0 Å². The molecule has 0 radical (unpaired) electrons. The SMILES string of the molecule is CN(Cc1ccccc1)C(=O)NC1CCN(S(C)(=O)=O)CC1. The number of sulfonamides is 1. The van der Waals surface area contributed by atoms with Gasteiger partial charge in [0.25, 0.3) is 0 Å². The van der Waals surface area contributed by atoms with Gasteiger partial charge in [-0.25, -0.2) is 17.5 Å². The summed E-state index contributed by atoms with van der Waals surface area (Å²) in [5.41, 5.74) is 1.08. The lowest BCUT2D eigenvalue weighted by Gasteiger charge is -2.31. The van der Waals surface area contributed by atoms with E-state index in [1.54, 1.807) is 11.9 Å². The molecule has 6 nitrogen and oxygen atoms in total. The third kappa shape index (κ3) is 4.71. The number of rotatable bonds is 4. The van der Waals surface area contributed by atoms with Gasteiger partial charge in [-0.3, -0.25) is 0 Å². The van der Waals surface area contributed by atoms with Crippen molar-refractivity contribution in [3.8, 4) is 0 Å². The van der Waals surface area contributed by atoms with E-state index in [0.29, 0.717) is 32.5 Å². The molecule has 0 aliphatic carbocycles. The van der Waals surface area contributed by atoms with Gasteiger partial charge in [0, 0.05) is 32.7 Å². The molecule has 1 heterocycles. The topological polar surface area (TPSA) is 69.7 Å². The molecule has 0 saturated carbocycles. The molecule has 2 rings (SSSR count). The molecule has 1 aliphatic heterocycles. The molecule has 0 spiro atoms. The maximum Gasteiger partial charge on any atom is 0.317 e. The zero-order valence-electron chi connectivity index (χ0n) is 13.0. The number of carbonyl (C=O) groups is 1. The van der Waals surface area contributed by atoms with Gasteiger partial charge in [-0.2, -0.15) is 0 Å². The van der Waals surface area contributed by atoms with Crippen LogP contribution >= 0.6 is 0 Å². The van der Waals surface area contributed by atoms with E-state index in [4.69, 9.17) is 0 Å². The quantitative estimate of drug-likeness (QED) is 0.906. The lowest BCUT2D eigenvalue weighted by Crippen LogP contribution is -2.49. The fourth-order valence-corrected chi connectivity index (χ4v) is 3.42. The highest BCUT2D eigenvalue weighted by Crippen LogP contribution is 2.13. The van der Waals surface area contributed by atoms with Crippen LogP contribution in [0.2, 0.25) is 0 Å². The first-order valence-electron chi connectivity index (χ1n) is 7.37. The van der Waals surface area contributed by atoms with Crippen molar-refractivity contribution in [3.63, 3.8) is 0 Å². The number of hydrogen-bond donors (Lipinski definition) is 1. The summed E-state index contributed by atoms with van der Waals surface area (Å²) in [5, 5.41) is 2.98. The molecule has 0 bridgehead atoms. The van der Waals surface area contributed by atoms with Crippen molar-refractivity contribution < 1.29 is 13.2 Å². The highest BCUT2D eigenvalue weighted by molar-refractivity contribution is 7.88. The molecule has 1 fully saturated rings. The number of nitrogens with one attached hydrogen (secondary N) is 1. The Kier molecular flexibility index (Phi) is 5.42. The molecular weight excluding hydrogens is 302 g/mol. The minimum Gasteiger partial charge on any atom is -0.335 e. The van der Waals surface area contributed by atoms with Crippen molar-refractivity contribution in [2.24, 2.45) is 0 Å². The van der Waals surface area contributed by atoms with Crippen molar-refractivity contribution in [2.75, 3.05) is 26.4 Å². The summed E-state index contributed by atoms with van der Waals surface area (Å²) in [7, 11) is -1.37. The van der Waals surface area contributed by atoms with Gasteiger partial charge in [0.1, 0.15) is 0 Å². The number of urea groups is 1. The van der Waals surface area contributed by atoms with Gasteiger partial charge in [0.05, 0.1) is 6.26 Å². The zero-order valence-corrected chi connectivity index (χ0v) is 13.8. The van der Waals surface area contributed by atoms with Crippen LogP contribution in [0, 0.1) is 0 Å². The average molecular weight is 325 g/mol. The van der Waals surface area contributed by atoms with Crippen molar-refractivity contribution >= 4 is 16.1 Å². The third-order valence-corrected chi connectivity index (χ3v) is 5.16. The highest BCUT2D eigenvalue weighted by atomic mass is 32.2. The molecule has 1 aliphatic rings. The average Bonchev–Trinajstić information content (AvgIpc) is 2.48. The molecule has 0 atom stereocenters. The molecule has 0 unspecified atom stereocenters. The Hall–Kier alpha value is -1.60. The van der Waals surface area contributed by atoms with Crippen molar-refractivity contribution in [1.29, 1.82) is 0 Å². The Labute approximate surface area is 132 Å². The molecule has 1 aromatic carbocycles. The molecule has 1 N–H and O–H groups in total. The number of benzene rings is 1. The second kappa shape index (κ2) is 7.11. The van der Waals surface area contributed by atoms with Crippen LogP contribution in [0.3, 0.4) is 0 Å². The van der Waals surface area contributed by atoms with Gasteiger partial charge in [0.2, 0.25) is 10.0 Å². The maximum atomic E-state index is 12.2. The molecule has 0 aromatic heterocycles. The monoisotopic (exact) mass is 325 g/mol. The van der Waals surface area contributed by atoms with Crippen LogP contribution in [-0.4, -0.2) is 56.1 Å². The first-order chi connectivity index (χ1) is 10.4. The number of amides is 2. The van der Waals surface area contributed by atoms with E-state index in [1.807, 2.05) is 30.3 Å². The van der Waals surface area contributed by atoms with Gasteiger partial charge in [0.15, 0.2) is 0 Å². The Morgan fingerprint density at radius 2 is 1.86 bits per heavy atom. The Bertz CT molecular complexity index is 596. The number of hydrogen-bond acceptors (Lipinski definition) is 3. The van der Waals surface area contributed by atoms with E-state index in [9.17, 15) is 13.2 Å². The van der Waals surface area contributed by atoms with Gasteiger partial charge >= 0.3 is 6.03 Å². The predicted molar refractivity (Wildman–Crippen MR) is 85.9 cm³/mol. The van der Waals surface area contributed by atoms with Crippen LogP contribution in [0.5, 0.6) is 0 Å². The number of carbonyl (C=O) groups excluding carboxylic acids is 1. The van der Waals surface area contributed by atoms with Crippen molar-refractivity contribution in [3.05, 3.63) is 35.9 Å². The molecule has 1 saturated heterocycles. The third-order valence-electron chi connectivity index (χ3n) is 3.86. The van der Waals surface area contributed by atoms with E-state index in [-0.39, 0.29) is 12.1 Å². The van der Waals surface area contributed by atoms with Crippen LogP contribution in [0.15, 0.2) is 30.3 Å². The fraction of sp³-hybridized carbons (Fsp3) is 0.533. The summed E-state index contributed by atoms with van der Waals surface area (Å²) in [5.74, 6) is 0. The molecule has 7 heteroatoms. The van der Waals surface area contributed by atoms with E-state index in [2.05, 4.69) is 5.32 Å². The second-order valence-electron chi connectivity index (χ2n) is 5.73. The standard InChI is InChI=1S/C15H23N3O3S/c1-17(12-13-6-4-3-5-7-13)15(19)16-14-8-10-18(11-9-14)22(2,20)21/h3-7,14H,8-12H2,1-2H3,(H,16,19). The van der Waals surface area contributed by atoms with Crippen LogP contribution in [0.4, 0.5) is 4.79 Å². The summed E-state index contributed by atoms with van der Waals surface area (Å²) < 4.78 is 24.4. The smallest absolute Gasteiger partial charge is 0.317 e. The first kappa shape index (κ1) is 16.8. The van der Waals surface area contributed by atoms with E-state index >= 15 is 0 Å². The minimum atomic E-state index is -3.12. The lowest BCUT2D eigenvalue weighted by molar-refractivity contribution is 0.195. The molecule has 2 amide bonds. The summed E-state index contributed by atoms with van der Waals surface area (Å²) in [6.07, 6.45) is 2.52. The van der Waals surface area contributed by atoms with Gasteiger partial charge < -0.3 is 10.2 Å². The van der Waals surface area contributed by atoms with Crippen molar-refractivity contribution in [1.82, 2.24) is 14.5 Å². The van der Waals surface area contributed by atoms with Crippen molar-refractivity contribution in [2.45, 2.75) is 25.4 Å². The first-order valence-corrected chi connectivity index (χ1v) is 9.22. The lowest BCUT2D eigenvalue weighted by atomic mass is 10.1. The van der Waals surface area contributed by atoms with E-state index < -0.39 is 10.0 Å². The maximum absolute atomic E-state index is 12.2. The molecule has 122 valence electrons.